The van der Waals surface area contributed by atoms with Gasteiger partial charge >= 0.3 is 0 Å². The van der Waals surface area contributed by atoms with Crippen LogP contribution in [-0.2, 0) is 5.41 Å². The van der Waals surface area contributed by atoms with E-state index in [0.29, 0.717) is 6.04 Å². The van der Waals surface area contributed by atoms with Crippen LogP contribution in [0.25, 0.3) is 15.7 Å². The standard InChI is InChI=1S/C23H19NS/c1-23-16-10-4-2-8-14(16)20-15-9-3-7-13-19(15)25-21(20)22(23)24-18-12-6-5-11-17(18)23/h3-7,9-13,22,24H,2,8H2,1H3. The summed E-state index contributed by atoms with van der Waals surface area (Å²) < 4.78 is 1.41. The molecule has 25 heavy (non-hydrogen) atoms. The Bertz CT molecular complexity index is 1100. The number of anilines is 1. The molecule has 0 bridgehead atoms. The Morgan fingerprint density at radius 1 is 1.08 bits per heavy atom. The molecule has 0 fully saturated rings. The molecule has 1 aliphatic heterocycles. The highest BCUT2D eigenvalue weighted by Gasteiger charge is 2.51. The minimum Gasteiger partial charge on any atom is -0.376 e. The number of rotatable bonds is 0. The van der Waals surface area contributed by atoms with Gasteiger partial charge in [-0.3, -0.25) is 0 Å². The third-order valence-electron chi connectivity index (χ3n) is 6.28. The summed E-state index contributed by atoms with van der Waals surface area (Å²) in [6.45, 7) is 2.44. The number of hydrogen-bond donors (Lipinski definition) is 1. The molecule has 1 aromatic heterocycles. The van der Waals surface area contributed by atoms with E-state index in [1.807, 2.05) is 11.3 Å². The lowest BCUT2D eigenvalue weighted by Gasteiger charge is -2.40. The molecule has 1 N–H and O–H groups in total. The van der Waals surface area contributed by atoms with Crippen LogP contribution in [0.15, 0.2) is 66.3 Å². The predicted octanol–water partition coefficient (Wildman–Crippen LogP) is 6.44. The van der Waals surface area contributed by atoms with E-state index in [0.717, 1.165) is 12.8 Å². The maximum absolute atomic E-state index is 3.87. The quantitative estimate of drug-likeness (QED) is 0.496. The largest absolute Gasteiger partial charge is 0.376 e. The summed E-state index contributed by atoms with van der Waals surface area (Å²) in [5.41, 5.74) is 7.39. The number of allylic oxidation sites excluding steroid dienone is 3. The second-order valence-corrected chi connectivity index (χ2v) is 8.58. The van der Waals surface area contributed by atoms with E-state index in [1.54, 1.807) is 5.57 Å². The molecule has 6 rings (SSSR count). The first kappa shape index (κ1) is 13.9. The van der Waals surface area contributed by atoms with E-state index in [-0.39, 0.29) is 5.41 Å². The van der Waals surface area contributed by atoms with Crippen LogP contribution >= 0.6 is 11.3 Å². The predicted molar refractivity (Wildman–Crippen MR) is 107 cm³/mol. The average molecular weight is 341 g/mol. The van der Waals surface area contributed by atoms with Gasteiger partial charge in [-0.15, -0.1) is 11.3 Å². The van der Waals surface area contributed by atoms with Crippen molar-refractivity contribution in [3.63, 3.8) is 0 Å². The summed E-state index contributed by atoms with van der Waals surface area (Å²) in [6, 6.07) is 18.1. The summed E-state index contributed by atoms with van der Waals surface area (Å²) >= 11 is 1.98. The zero-order valence-electron chi connectivity index (χ0n) is 14.2. The first-order chi connectivity index (χ1) is 12.3. The molecule has 1 nitrogen and oxygen atoms in total. The average Bonchev–Trinajstić information content (AvgIpc) is 3.18. The molecular formula is C23H19NS. The minimum absolute atomic E-state index is 0.0245. The molecule has 0 saturated carbocycles. The van der Waals surface area contributed by atoms with Gasteiger partial charge in [-0.2, -0.15) is 0 Å². The van der Waals surface area contributed by atoms with Gasteiger partial charge in [0.15, 0.2) is 0 Å². The molecule has 3 aliphatic rings. The fourth-order valence-electron chi connectivity index (χ4n) is 5.13. The van der Waals surface area contributed by atoms with E-state index in [1.165, 1.54) is 37.4 Å². The first-order valence-corrected chi connectivity index (χ1v) is 9.88. The van der Waals surface area contributed by atoms with Gasteiger partial charge in [-0.1, -0.05) is 48.6 Å². The van der Waals surface area contributed by atoms with Crippen molar-refractivity contribution in [3.05, 3.63) is 82.3 Å². The monoisotopic (exact) mass is 341 g/mol. The first-order valence-electron chi connectivity index (χ1n) is 9.06. The molecule has 2 heterocycles. The van der Waals surface area contributed by atoms with E-state index in [4.69, 9.17) is 0 Å². The van der Waals surface area contributed by atoms with Crippen LogP contribution in [-0.4, -0.2) is 0 Å². The number of hydrogen-bond acceptors (Lipinski definition) is 2. The highest BCUT2D eigenvalue weighted by atomic mass is 32.1. The lowest BCUT2D eigenvalue weighted by atomic mass is 9.64. The molecule has 2 atom stereocenters. The lowest BCUT2D eigenvalue weighted by Crippen LogP contribution is -2.34. The van der Waals surface area contributed by atoms with E-state index in [2.05, 4.69) is 72.9 Å². The second-order valence-electron chi connectivity index (χ2n) is 7.50. The highest BCUT2D eigenvalue weighted by Crippen LogP contribution is 2.62. The smallest absolute Gasteiger partial charge is 0.0748 e. The van der Waals surface area contributed by atoms with Crippen molar-refractivity contribution in [1.82, 2.24) is 0 Å². The number of benzene rings is 2. The molecular weight excluding hydrogens is 322 g/mol. The maximum atomic E-state index is 3.87. The van der Waals surface area contributed by atoms with E-state index >= 15 is 0 Å². The van der Waals surface area contributed by atoms with Crippen LogP contribution in [0, 0.1) is 0 Å². The Balaban J connectivity index is 1.75. The van der Waals surface area contributed by atoms with E-state index in [9.17, 15) is 0 Å². The molecule has 2 unspecified atom stereocenters. The number of para-hydroxylation sites is 1. The summed E-state index contributed by atoms with van der Waals surface area (Å²) in [7, 11) is 0. The minimum atomic E-state index is 0.0245. The van der Waals surface area contributed by atoms with Gasteiger partial charge in [0, 0.05) is 31.6 Å². The topological polar surface area (TPSA) is 12.0 Å². The van der Waals surface area contributed by atoms with Crippen LogP contribution in [0.3, 0.4) is 0 Å². The third-order valence-corrected chi connectivity index (χ3v) is 7.52. The fourth-order valence-corrected chi connectivity index (χ4v) is 6.55. The lowest BCUT2D eigenvalue weighted by molar-refractivity contribution is 0.509. The van der Waals surface area contributed by atoms with Crippen molar-refractivity contribution in [1.29, 1.82) is 0 Å². The van der Waals surface area contributed by atoms with Crippen molar-refractivity contribution in [2.45, 2.75) is 31.2 Å². The Hall–Kier alpha value is -2.32. The van der Waals surface area contributed by atoms with Crippen molar-refractivity contribution < 1.29 is 0 Å². The number of fused-ring (bicyclic) bond motifs is 9. The van der Waals surface area contributed by atoms with Gasteiger partial charge < -0.3 is 5.32 Å². The summed E-state index contributed by atoms with van der Waals surface area (Å²) in [5.74, 6) is 0. The number of nitrogens with one attached hydrogen (secondary N) is 1. The maximum Gasteiger partial charge on any atom is 0.0748 e. The molecule has 0 amide bonds. The Morgan fingerprint density at radius 2 is 1.92 bits per heavy atom. The summed E-state index contributed by atoms with van der Waals surface area (Å²) in [5, 5.41) is 5.30. The SMILES string of the molecule is CC12C3=C(CCC=C3)c3c(sc4ccccc34)C1Nc1ccccc12. The van der Waals surface area contributed by atoms with Crippen molar-refractivity contribution in [3.8, 4) is 0 Å². The molecule has 122 valence electrons. The Kier molecular flexibility index (Phi) is 2.58. The number of thiophene rings is 1. The van der Waals surface area contributed by atoms with E-state index < -0.39 is 0 Å². The van der Waals surface area contributed by atoms with Crippen molar-refractivity contribution in [2.75, 3.05) is 5.32 Å². The normalized spacial score (nSPS) is 26.0. The molecule has 0 radical (unpaired) electrons. The zero-order chi connectivity index (χ0) is 16.6. The van der Waals surface area contributed by atoms with Gasteiger partial charge in [0.1, 0.15) is 0 Å². The van der Waals surface area contributed by atoms with Gasteiger partial charge in [0.2, 0.25) is 0 Å². The van der Waals surface area contributed by atoms with Gasteiger partial charge in [-0.05, 0) is 48.6 Å². The van der Waals surface area contributed by atoms with Crippen LogP contribution < -0.4 is 5.32 Å². The van der Waals surface area contributed by atoms with Crippen LogP contribution in [0.1, 0.15) is 41.8 Å². The van der Waals surface area contributed by atoms with Gasteiger partial charge in [0.25, 0.3) is 0 Å². The van der Waals surface area contributed by atoms with Crippen LogP contribution in [0.2, 0.25) is 0 Å². The molecule has 0 spiro atoms. The van der Waals surface area contributed by atoms with Crippen LogP contribution in [0.5, 0.6) is 0 Å². The highest BCUT2D eigenvalue weighted by molar-refractivity contribution is 7.19. The Labute approximate surface area is 151 Å². The van der Waals surface area contributed by atoms with Gasteiger partial charge in [0.05, 0.1) is 6.04 Å². The zero-order valence-corrected chi connectivity index (χ0v) is 15.0. The molecule has 2 aromatic carbocycles. The second kappa shape index (κ2) is 4.64. The molecule has 2 aliphatic carbocycles. The summed E-state index contributed by atoms with van der Waals surface area (Å²) in [6.07, 6.45) is 7.08. The van der Waals surface area contributed by atoms with Crippen LogP contribution in [0.4, 0.5) is 5.69 Å². The van der Waals surface area contributed by atoms with Crippen molar-refractivity contribution in [2.24, 2.45) is 0 Å². The fraction of sp³-hybridized carbons (Fsp3) is 0.217. The molecule has 2 heteroatoms. The third kappa shape index (κ3) is 1.59. The van der Waals surface area contributed by atoms with Crippen molar-refractivity contribution >= 4 is 32.7 Å². The van der Waals surface area contributed by atoms with Gasteiger partial charge in [-0.25, -0.2) is 0 Å². The summed E-state index contributed by atoms with van der Waals surface area (Å²) in [4.78, 5) is 1.52. The Morgan fingerprint density at radius 3 is 2.88 bits per heavy atom. The molecule has 0 saturated heterocycles. The molecule has 3 aromatic rings.